The second-order valence-electron chi connectivity index (χ2n) is 38.7. The lowest BCUT2D eigenvalue weighted by atomic mass is 9.97. The number of nitrogens with two attached hydrogens (primary N) is 2. The summed E-state index contributed by atoms with van der Waals surface area (Å²) in [5, 5.41) is 3.58. The highest BCUT2D eigenvalue weighted by atomic mass is 32.2. The van der Waals surface area contributed by atoms with Gasteiger partial charge in [-0.3, -0.25) is 24.2 Å². The first kappa shape index (κ1) is 105. The minimum absolute atomic E-state index is 0.131. The normalized spacial score (nSPS) is 17.1. The van der Waals surface area contributed by atoms with Crippen LogP contribution in [-0.2, 0) is 46.6 Å². The number of aromatic nitrogens is 9. The number of nitrogens with zero attached hydrogens (tertiary/aromatic N) is 14. The van der Waals surface area contributed by atoms with Crippen molar-refractivity contribution in [1.82, 2.24) is 63.7 Å². The minimum Gasteiger partial charge on any atom is -0.497 e. The number of amides is 4. The first-order chi connectivity index (χ1) is 68.2. The standard InChI is InChI=1S/C27H28N6O3S.C26H31N5O5S.C26H31N5O3S.C26H27N5O3S/c1-18-16-27(2,3)33(17-18)25-20(10-7-15-29-25)26(34)32-37(35,36)23-13-5-12-22(31-23)30-21-11-4-8-19-9-6-14-28-24(19)21;1-16-14-26(2,3)31(15-16)24-20(25(32)30-37(33,34)22-7-6-10-28-23(22)27)8-9-21(29-24)17-11-18(35-4)13-19(12-17)36-5;1-19-16-26(2,3)31(17-19)24-21(12-9-15-27-24)25(32)29-35(33,34)23-14-8-13-22(28-23)30(4)18-20-10-6-5-7-11-20;1-5-18-8-6-9-19(14-18)21-12-11-20(24(29-21)31-16-17(2)15-26(31,3)4)25(32)30-35(33,34)22-10-7-13-28-23(22)27/h4-15,18H,16-17H2,1-3H3,(H,30,31)(H,32,34);6-13,16H,14-15H2,1-5H3,(H2,27,28)(H,30,32);5-15,19H,16-18H2,1-4H3,(H,29,32);1,6-14,17H,15-16H2,2-4H3,(H2,27,28)(H,30,32)/t;16-;;17-/m.0.0/s1. The first-order valence-electron chi connectivity index (χ1n) is 46.5. The molecule has 0 radical (unpaired) electrons. The van der Waals surface area contributed by atoms with Gasteiger partial charge in [0.15, 0.2) is 10.1 Å². The van der Waals surface area contributed by atoms with Crippen molar-refractivity contribution in [3.05, 3.63) is 277 Å². The summed E-state index contributed by atoms with van der Waals surface area (Å²) in [5.41, 5.74) is 17.1. The molecule has 0 spiro atoms. The van der Waals surface area contributed by atoms with Crippen LogP contribution in [0.15, 0.2) is 263 Å². The van der Waals surface area contributed by atoms with Crippen LogP contribution < -0.4 is 69.6 Å². The monoisotopic (exact) mass is 2020 g/mol. The van der Waals surface area contributed by atoms with Crippen LogP contribution in [0.3, 0.4) is 0 Å². The fraction of sp³-hybridized carbons (Fsp3) is 0.305. The number of rotatable bonds is 25. The Kier molecular flexibility index (Phi) is 31.1. The number of fused-ring (bicyclic) bond motifs is 1. The Balaban J connectivity index is 0.000000152. The van der Waals surface area contributed by atoms with Crippen molar-refractivity contribution in [3.8, 4) is 46.4 Å². The fourth-order valence-electron chi connectivity index (χ4n) is 19.0. The maximum atomic E-state index is 13.4. The molecule has 9 N–H and O–H groups in total. The summed E-state index contributed by atoms with van der Waals surface area (Å²) in [7, 11) is -12.0. The molecule has 13 heterocycles. The molecule has 0 aliphatic carbocycles. The lowest BCUT2D eigenvalue weighted by Gasteiger charge is -2.34. The summed E-state index contributed by atoms with van der Waals surface area (Å²) in [4.78, 5) is 102. The van der Waals surface area contributed by atoms with E-state index >= 15 is 0 Å². The van der Waals surface area contributed by atoms with Crippen LogP contribution in [0.5, 0.6) is 11.5 Å². The van der Waals surface area contributed by atoms with E-state index in [4.69, 9.17) is 37.3 Å². The molecular formula is C105H117N21O14S4. The van der Waals surface area contributed by atoms with Crippen molar-refractivity contribution in [1.29, 1.82) is 0 Å². The summed E-state index contributed by atoms with van der Waals surface area (Å²) < 4.78 is 124. The number of benzene rings is 4. The number of nitrogens with one attached hydrogen (secondary N) is 5. The molecule has 750 valence electrons. The molecule has 39 heteroatoms. The maximum absolute atomic E-state index is 13.4. The Morgan fingerprint density at radius 3 is 1.26 bits per heavy atom. The van der Waals surface area contributed by atoms with Crippen molar-refractivity contribution in [2.24, 2.45) is 23.7 Å². The summed E-state index contributed by atoms with van der Waals surface area (Å²) in [6, 6.07) is 59.8. The van der Waals surface area contributed by atoms with E-state index < -0.39 is 63.7 Å². The van der Waals surface area contributed by atoms with E-state index in [0.29, 0.717) is 112 Å². The van der Waals surface area contributed by atoms with E-state index in [1.165, 1.54) is 48.8 Å². The van der Waals surface area contributed by atoms with E-state index in [9.17, 15) is 52.8 Å². The van der Waals surface area contributed by atoms with Crippen molar-refractivity contribution in [2.45, 2.75) is 157 Å². The van der Waals surface area contributed by atoms with Gasteiger partial charge in [-0.05, 0) is 244 Å². The third-order valence-electron chi connectivity index (χ3n) is 25.2. The molecule has 4 amide bonds. The SMILES string of the molecule is C#Cc1cccc(-c2ccc(C(=O)NS(=O)(=O)c3cccnc3N)c(N3C[C@@H](C)CC3(C)C)n2)c1.CC1CN(c2ncccc2C(=O)NS(=O)(=O)c2cccc(N(C)Cc3ccccc3)n2)C(C)(C)C1.CC1CN(c2ncccc2C(=O)NS(=O)(=O)c2cccc(Nc3cccc4cccnc34)n2)C(C)(C)C1.COc1cc(OC)cc(-c2ccc(C(=O)NS(=O)(=O)c3cccnc3N)c(N3C[C@@H](C)CC3(C)C)n2)c1. The van der Waals surface area contributed by atoms with Crippen LogP contribution in [0.2, 0.25) is 0 Å². The van der Waals surface area contributed by atoms with Gasteiger partial charge in [-0.15, -0.1) is 6.42 Å². The predicted octanol–water partition coefficient (Wildman–Crippen LogP) is 15.3. The Morgan fingerprint density at radius 1 is 0.417 bits per heavy atom. The van der Waals surface area contributed by atoms with Gasteiger partial charge >= 0.3 is 0 Å². The Morgan fingerprint density at radius 2 is 0.812 bits per heavy atom. The van der Waals surface area contributed by atoms with E-state index in [2.05, 4.69) is 168 Å². The van der Waals surface area contributed by atoms with E-state index in [1.54, 1.807) is 112 Å². The van der Waals surface area contributed by atoms with Crippen molar-refractivity contribution in [2.75, 3.05) is 88.7 Å². The molecule has 2 unspecified atom stereocenters. The Hall–Kier alpha value is -15.3. The first-order valence-corrected chi connectivity index (χ1v) is 52.4. The molecular weight excluding hydrogens is 1910 g/mol. The third kappa shape index (κ3) is 24.2. The second kappa shape index (κ2) is 42.9. The smallest absolute Gasteiger partial charge is 0.281 e. The van der Waals surface area contributed by atoms with Gasteiger partial charge in [0, 0.05) is 121 Å². The van der Waals surface area contributed by atoms with Crippen LogP contribution in [-0.4, -0.2) is 172 Å². The molecule has 4 fully saturated rings. The largest absolute Gasteiger partial charge is 0.497 e. The van der Waals surface area contributed by atoms with Gasteiger partial charge in [0.1, 0.15) is 67.8 Å². The zero-order valence-electron chi connectivity index (χ0n) is 82.6. The van der Waals surface area contributed by atoms with Crippen molar-refractivity contribution in [3.63, 3.8) is 0 Å². The number of carbonyl (C=O) groups is 4. The molecule has 9 aromatic heterocycles. The number of carbonyl (C=O) groups excluding carboxylic acids is 4. The molecule has 4 saturated heterocycles. The third-order valence-corrected chi connectivity index (χ3v) is 30.4. The van der Waals surface area contributed by atoms with Crippen LogP contribution >= 0.6 is 0 Å². The van der Waals surface area contributed by atoms with E-state index in [1.807, 2.05) is 109 Å². The number of anilines is 9. The molecule has 4 atom stereocenters. The Labute approximate surface area is 840 Å². The molecule has 4 aromatic carbocycles. The number of methoxy groups -OCH3 is 2. The summed E-state index contributed by atoms with van der Waals surface area (Å²) in [6.07, 6.45) is 16.9. The van der Waals surface area contributed by atoms with E-state index in [0.717, 1.165) is 66.4 Å². The number of pyridine rings is 9. The van der Waals surface area contributed by atoms with Gasteiger partial charge in [-0.25, -0.2) is 75.6 Å². The van der Waals surface area contributed by atoms with Gasteiger partial charge in [0.25, 0.3) is 63.7 Å². The van der Waals surface area contributed by atoms with Gasteiger partial charge in [-0.1, -0.05) is 106 Å². The number of sulfonamides is 4. The number of nitrogen functional groups attached to an aromatic ring is 2. The van der Waals surface area contributed by atoms with Gasteiger partial charge in [-0.2, -0.15) is 16.8 Å². The zero-order chi connectivity index (χ0) is 104. The summed E-state index contributed by atoms with van der Waals surface area (Å²) in [5.74, 6) is 4.46. The van der Waals surface area contributed by atoms with Gasteiger partial charge < -0.3 is 50.8 Å². The highest BCUT2D eigenvalue weighted by Crippen LogP contribution is 2.44. The van der Waals surface area contributed by atoms with Crippen molar-refractivity contribution >= 4 is 127 Å². The van der Waals surface area contributed by atoms with Crippen LogP contribution in [0.25, 0.3) is 33.4 Å². The average molecular weight is 2030 g/mol. The molecule has 4 aliphatic rings. The van der Waals surface area contributed by atoms with Crippen LogP contribution in [0, 0.1) is 36.0 Å². The second-order valence-corrected chi connectivity index (χ2v) is 45.3. The molecule has 17 rings (SSSR count). The molecule has 0 bridgehead atoms. The highest BCUT2D eigenvalue weighted by molar-refractivity contribution is 7.91. The number of para-hydroxylation sites is 1. The summed E-state index contributed by atoms with van der Waals surface area (Å²) >= 11 is 0. The minimum atomic E-state index is -4.26. The number of terminal acetylenes is 1. The van der Waals surface area contributed by atoms with Crippen LogP contribution in [0.1, 0.15) is 161 Å². The van der Waals surface area contributed by atoms with Crippen LogP contribution in [0.4, 0.5) is 52.2 Å². The fourth-order valence-corrected chi connectivity index (χ4v) is 23.0. The maximum Gasteiger partial charge on any atom is 0.281 e. The van der Waals surface area contributed by atoms with Gasteiger partial charge in [0.2, 0.25) is 0 Å². The van der Waals surface area contributed by atoms with E-state index in [-0.39, 0.29) is 75.9 Å². The number of ether oxygens (including phenoxy) is 2. The van der Waals surface area contributed by atoms with Crippen molar-refractivity contribution < 1.29 is 62.3 Å². The molecule has 144 heavy (non-hydrogen) atoms. The topological polar surface area (TPSA) is 468 Å². The molecule has 4 aliphatic heterocycles. The zero-order valence-corrected chi connectivity index (χ0v) is 85.9. The molecule has 13 aromatic rings. The lowest BCUT2D eigenvalue weighted by molar-refractivity contribution is 0.0972. The lowest BCUT2D eigenvalue weighted by Crippen LogP contribution is -2.41. The Bertz CT molecular complexity index is 7520. The number of hydrogen-bond acceptors (Lipinski definition) is 31. The summed E-state index contributed by atoms with van der Waals surface area (Å²) in [6.45, 7) is 28.7. The van der Waals surface area contributed by atoms with Gasteiger partial charge in [0.05, 0.1) is 59.1 Å². The predicted molar refractivity (Wildman–Crippen MR) is 558 cm³/mol. The molecule has 35 nitrogen and oxygen atoms in total. The molecule has 0 saturated carbocycles. The quantitative estimate of drug-likeness (QED) is 0.0261. The number of hydrogen-bond donors (Lipinski definition) is 7. The average Bonchev–Trinajstić information content (AvgIpc) is 1.57. The highest BCUT2D eigenvalue weighted by Gasteiger charge is 2.45.